The fourth-order valence-corrected chi connectivity index (χ4v) is 2.43. The van der Waals surface area contributed by atoms with E-state index in [9.17, 15) is 4.79 Å². The second-order valence-electron chi connectivity index (χ2n) is 5.55. The number of ether oxygens (including phenoxy) is 1. The lowest BCUT2D eigenvalue weighted by molar-refractivity contribution is -0.120. The van der Waals surface area contributed by atoms with E-state index >= 15 is 0 Å². The summed E-state index contributed by atoms with van der Waals surface area (Å²) in [6.45, 7) is 3.08. The lowest BCUT2D eigenvalue weighted by Crippen LogP contribution is -2.18. The molecule has 0 aliphatic rings. The van der Waals surface area contributed by atoms with Gasteiger partial charge in [-0.05, 0) is 24.6 Å². The highest BCUT2D eigenvalue weighted by Gasteiger charge is 2.07. The van der Waals surface area contributed by atoms with Crippen molar-refractivity contribution in [3.8, 4) is 11.3 Å². The zero-order valence-corrected chi connectivity index (χ0v) is 14.1. The molecule has 0 fully saturated rings. The fourth-order valence-electron chi connectivity index (χ4n) is 2.43. The maximum atomic E-state index is 11.8. The molecule has 0 spiro atoms. The number of anilines is 1. The summed E-state index contributed by atoms with van der Waals surface area (Å²) in [5.74, 6) is -0.174. The summed E-state index contributed by atoms with van der Waals surface area (Å²) in [4.78, 5) is 11.8. The predicted octanol–water partition coefficient (Wildman–Crippen LogP) is 2.97. The number of nitrogens with one attached hydrogen (secondary N) is 1. The molecular formula is C19H20N4O2. The SMILES string of the molecule is CCOCC(=O)Nc1cccc(-c2cn(Cc3ccccc3)nn2)c1. The van der Waals surface area contributed by atoms with E-state index in [0.717, 1.165) is 16.8 Å². The third-order valence-corrected chi connectivity index (χ3v) is 3.61. The zero-order valence-electron chi connectivity index (χ0n) is 14.1. The monoisotopic (exact) mass is 336 g/mol. The number of amides is 1. The highest BCUT2D eigenvalue weighted by molar-refractivity contribution is 5.92. The molecule has 1 amide bonds. The van der Waals surface area contributed by atoms with Crippen molar-refractivity contribution in [2.24, 2.45) is 0 Å². The molecule has 0 atom stereocenters. The van der Waals surface area contributed by atoms with Crippen molar-refractivity contribution >= 4 is 11.6 Å². The van der Waals surface area contributed by atoms with Crippen LogP contribution in [-0.4, -0.2) is 34.1 Å². The summed E-state index contributed by atoms with van der Waals surface area (Å²) in [5, 5.41) is 11.2. The number of rotatable bonds is 7. The topological polar surface area (TPSA) is 69.0 Å². The molecule has 2 aromatic carbocycles. The third kappa shape index (κ3) is 4.74. The van der Waals surface area contributed by atoms with Crippen LogP contribution in [0.3, 0.4) is 0 Å². The standard InChI is InChI=1S/C19H20N4O2/c1-2-25-14-19(24)20-17-10-6-9-16(11-17)18-13-23(22-21-18)12-15-7-4-3-5-8-15/h3-11,13H,2,12,14H2,1H3,(H,20,24). The average molecular weight is 336 g/mol. The average Bonchev–Trinajstić information content (AvgIpc) is 3.09. The van der Waals surface area contributed by atoms with Gasteiger partial charge in [-0.3, -0.25) is 4.79 Å². The Kier molecular flexibility index (Phi) is 5.53. The number of benzene rings is 2. The number of nitrogens with zero attached hydrogens (tertiary/aromatic N) is 3. The zero-order chi connectivity index (χ0) is 17.5. The smallest absolute Gasteiger partial charge is 0.250 e. The summed E-state index contributed by atoms with van der Waals surface area (Å²) < 4.78 is 6.90. The van der Waals surface area contributed by atoms with Gasteiger partial charge in [0.1, 0.15) is 12.3 Å². The molecule has 0 saturated carbocycles. The Hall–Kier alpha value is -2.99. The fraction of sp³-hybridized carbons (Fsp3) is 0.211. The Balaban J connectivity index is 1.70. The Morgan fingerprint density at radius 3 is 2.80 bits per heavy atom. The number of carbonyl (C=O) groups is 1. The van der Waals surface area contributed by atoms with E-state index in [2.05, 4.69) is 27.8 Å². The number of carbonyl (C=O) groups excluding carboxylic acids is 1. The Labute approximate surface area is 146 Å². The molecule has 0 radical (unpaired) electrons. The van der Waals surface area contributed by atoms with Crippen LogP contribution < -0.4 is 5.32 Å². The maximum absolute atomic E-state index is 11.8. The van der Waals surface area contributed by atoms with Gasteiger partial charge in [-0.25, -0.2) is 4.68 Å². The molecule has 1 heterocycles. The molecule has 3 rings (SSSR count). The van der Waals surface area contributed by atoms with Crippen LogP contribution in [0, 0.1) is 0 Å². The van der Waals surface area contributed by atoms with Gasteiger partial charge in [-0.15, -0.1) is 5.10 Å². The minimum absolute atomic E-state index is 0.0496. The van der Waals surface area contributed by atoms with Crippen molar-refractivity contribution in [2.75, 3.05) is 18.5 Å². The molecule has 6 nitrogen and oxygen atoms in total. The Bertz CT molecular complexity index is 830. The van der Waals surface area contributed by atoms with E-state index in [1.54, 1.807) is 4.68 Å². The van der Waals surface area contributed by atoms with Crippen LogP contribution in [0.1, 0.15) is 12.5 Å². The van der Waals surface area contributed by atoms with Gasteiger partial charge in [0.05, 0.1) is 12.7 Å². The van der Waals surface area contributed by atoms with Crippen molar-refractivity contribution in [3.05, 3.63) is 66.4 Å². The molecule has 128 valence electrons. The lowest BCUT2D eigenvalue weighted by Gasteiger charge is -2.06. The van der Waals surface area contributed by atoms with Crippen LogP contribution in [-0.2, 0) is 16.1 Å². The summed E-state index contributed by atoms with van der Waals surface area (Å²) in [7, 11) is 0. The van der Waals surface area contributed by atoms with E-state index in [-0.39, 0.29) is 12.5 Å². The number of aromatic nitrogens is 3. The molecule has 0 bridgehead atoms. The van der Waals surface area contributed by atoms with Crippen molar-refractivity contribution in [1.29, 1.82) is 0 Å². The summed E-state index contributed by atoms with van der Waals surface area (Å²) in [6.07, 6.45) is 1.90. The van der Waals surface area contributed by atoms with E-state index < -0.39 is 0 Å². The quantitative estimate of drug-likeness (QED) is 0.720. The molecule has 6 heteroatoms. The van der Waals surface area contributed by atoms with Crippen LogP contribution in [0.2, 0.25) is 0 Å². The molecule has 0 aliphatic carbocycles. The second kappa shape index (κ2) is 8.21. The number of hydrogen-bond donors (Lipinski definition) is 1. The Morgan fingerprint density at radius 1 is 1.16 bits per heavy atom. The van der Waals surface area contributed by atoms with Crippen LogP contribution >= 0.6 is 0 Å². The van der Waals surface area contributed by atoms with E-state index in [1.807, 2.05) is 55.6 Å². The maximum Gasteiger partial charge on any atom is 0.250 e. The molecule has 1 aromatic heterocycles. The van der Waals surface area contributed by atoms with Crippen molar-refractivity contribution in [2.45, 2.75) is 13.5 Å². The molecule has 0 unspecified atom stereocenters. The van der Waals surface area contributed by atoms with Gasteiger partial charge < -0.3 is 10.1 Å². The first-order valence-electron chi connectivity index (χ1n) is 8.16. The normalized spacial score (nSPS) is 10.6. The highest BCUT2D eigenvalue weighted by Crippen LogP contribution is 2.20. The molecule has 0 aliphatic heterocycles. The van der Waals surface area contributed by atoms with Crippen molar-refractivity contribution in [1.82, 2.24) is 15.0 Å². The van der Waals surface area contributed by atoms with Crippen LogP contribution in [0.4, 0.5) is 5.69 Å². The lowest BCUT2D eigenvalue weighted by atomic mass is 10.1. The summed E-state index contributed by atoms with van der Waals surface area (Å²) >= 11 is 0. The van der Waals surface area contributed by atoms with Gasteiger partial charge in [0.2, 0.25) is 5.91 Å². The largest absolute Gasteiger partial charge is 0.372 e. The first-order valence-corrected chi connectivity index (χ1v) is 8.16. The van der Waals surface area contributed by atoms with Crippen molar-refractivity contribution in [3.63, 3.8) is 0 Å². The molecule has 0 saturated heterocycles. The van der Waals surface area contributed by atoms with Gasteiger partial charge in [0, 0.05) is 17.9 Å². The minimum atomic E-state index is -0.174. The molecule has 1 N–H and O–H groups in total. The first-order chi connectivity index (χ1) is 12.2. The second-order valence-corrected chi connectivity index (χ2v) is 5.55. The van der Waals surface area contributed by atoms with Crippen LogP contribution in [0.5, 0.6) is 0 Å². The first kappa shape index (κ1) is 16.9. The van der Waals surface area contributed by atoms with Crippen molar-refractivity contribution < 1.29 is 9.53 Å². The van der Waals surface area contributed by atoms with Crippen LogP contribution in [0.15, 0.2) is 60.8 Å². The van der Waals surface area contributed by atoms with E-state index in [1.165, 1.54) is 0 Å². The summed E-state index contributed by atoms with van der Waals surface area (Å²) in [6, 6.07) is 17.6. The molecule has 3 aromatic rings. The highest BCUT2D eigenvalue weighted by atomic mass is 16.5. The van der Waals surface area contributed by atoms with E-state index in [0.29, 0.717) is 18.8 Å². The summed E-state index contributed by atoms with van der Waals surface area (Å²) in [5.41, 5.74) is 3.53. The van der Waals surface area contributed by atoms with Gasteiger partial charge in [-0.1, -0.05) is 47.7 Å². The van der Waals surface area contributed by atoms with Gasteiger partial charge in [0.15, 0.2) is 0 Å². The predicted molar refractivity (Wildman–Crippen MR) is 96.1 cm³/mol. The van der Waals surface area contributed by atoms with Gasteiger partial charge in [-0.2, -0.15) is 0 Å². The number of hydrogen-bond acceptors (Lipinski definition) is 4. The van der Waals surface area contributed by atoms with Crippen LogP contribution in [0.25, 0.3) is 11.3 Å². The molecule has 25 heavy (non-hydrogen) atoms. The van der Waals surface area contributed by atoms with Gasteiger partial charge in [0.25, 0.3) is 0 Å². The van der Waals surface area contributed by atoms with Gasteiger partial charge >= 0.3 is 0 Å². The molecular weight excluding hydrogens is 316 g/mol. The Morgan fingerprint density at radius 2 is 2.00 bits per heavy atom. The minimum Gasteiger partial charge on any atom is -0.372 e. The van der Waals surface area contributed by atoms with E-state index in [4.69, 9.17) is 4.74 Å². The third-order valence-electron chi connectivity index (χ3n) is 3.61.